The van der Waals surface area contributed by atoms with Crippen molar-refractivity contribution in [3.63, 3.8) is 0 Å². The molecule has 3 rings (SSSR count). The number of rotatable bonds is 0. The molecule has 16 heavy (non-hydrogen) atoms. The van der Waals surface area contributed by atoms with Gasteiger partial charge in [-0.1, -0.05) is 24.3 Å². The van der Waals surface area contributed by atoms with Crippen LogP contribution in [0.15, 0.2) is 24.3 Å². The maximum atomic E-state index is 2.36. The predicted octanol–water partition coefficient (Wildman–Crippen LogP) is 3.36. The molecule has 0 aliphatic rings. The van der Waals surface area contributed by atoms with Crippen molar-refractivity contribution >= 4 is 16.4 Å². The molecule has 0 aliphatic heterocycles. The SMILES string of the molecule is Cc1c(C)n2c(C)c3ccccc3c2n1C. The number of hydrogen-bond donors (Lipinski definition) is 0. The molecule has 0 saturated heterocycles. The van der Waals surface area contributed by atoms with Gasteiger partial charge in [0.25, 0.3) is 0 Å². The van der Waals surface area contributed by atoms with E-state index in [1.165, 1.54) is 33.5 Å². The van der Waals surface area contributed by atoms with Gasteiger partial charge in [-0.2, -0.15) is 0 Å². The Kier molecular flexibility index (Phi) is 1.73. The molecular formula is C14H16N2. The van der Waals surface area contributed by atoms with Gasteiger partial charge < -0.3 is 8.97 Å². The van der Waals surface area contributed by atoms with Crippen LogP contribution < -0.4 is 0 Å². The molecule has 0 fully saturated rings. The number of nitrogens with zero attached hydrogens (tertiary/aromatic N) is 2. The second kappa shape index (κ2) is 2.91. The topological polar surface area (TPSA) is 9.34 Å². The molecule has 0 atom stereocenters. The smallest absolute Gasteiger partial charge is 0.125 e. The lowest BCUT2D eigenvalue weighted by atomic mass is 10.2. The maximum Gasteiger partial charge on any atom is 0.125 e. The van der Waals surface area contributed by atoms with Gasteiger partial charge in [0.15, 0.2) is 0 Å². The Morgan fingerprint density at radius 3 is 2.12 bits per heavy atom. The molecule has 0 saturated carbocycles. The number of aryl methyl sites for hydroxylation is 3. The van der Waals surface area contributed by atoms with Crippen LogP contribution in [-0.4, -0.2) is 8.97 Å². The van der Waals surface area contributed by atoms with Crippen LogP contribution in [0, 0.1) is 20.8 Å². The molecule has 3 aromatic rings. The van der Waals surface area contributed by atoms with Crippen molar-refractivity contribution in [2.24, 2.45) is 7.05 Å². The fraction of sp³-hybridized carbons (Fsp3) is 0.286. The van der Waals surface area contributed by atoms with Gasteiger partial charge in [0.1, 0.15) is 5.65 Å². The monoisotopic (exact) mass is 212 g/mol. The summed E-state index contributed by atoms with van der Waals surface area (Å²) in [7, 11) is 2.14. The minimum Gasteiger partial charge on any atom is -0.332 e. The second-order valence-electron chi connectivity index (χ2n) is 4.52. The summed E-state index contributed by atoms with van der Waals surface area (Å²) >= 11 is 0. The summed E-state index contributed by atoms with van der Waals surface area (Å²) in [6.07, 6.45) is 0. The van der Waals surface area contributed by atoms with E-state index >= 15 is 0 Å². The first kappa shape index (κ1) is 9.52. The van der Waals surface area contributed by atoms with E-state index in [-0.39, 0.29) is 0 Å². The summed E-state index contributed by atoms with van der Waals surface area (Å²) in [4.78, 5) is 0. The maximum absolute atomic E-state index is 2.36. The lowest BCUT2D eigenvalue weighted by Gasteiger charge is -1.98. The third-order valence-electron chi connectivity index (χ3n) is 3.78. The van der Waals surface area contributed by atoms with E-state index in [9.17, 15) is 0 Å². The van der Waals surface area contributed by atoms with Crippen LogP contribution in [-0.2, 0) is 7.05 Å². The Hall–Kier alpha value is -1.70. The summed E-state index contributed by atoms with van der Waals surface area (Å²) in [6, 6.07) is 8.62. The summed E-state index contributed by atoms with van der Waals surface area (Å²) in [5.74, 6) is 0. The van der Waals surface area contributed by atoms with E-state index in [0.29, 0.717) is 0 Å². The van der Waals surface area contributed by atoms with Gasteiger partial charge in [0, 0.05) is 34.9 Å². The molecule has 1 aromatic carbocycles. The Morgan fingerprint density at radius 1 is 0.812 bits per heavy atom. The van der Waals surface area contributed by atoms with Crippen LogP contribution in [0.3, 0.4) is 0 Å². The van der Waals surface area contributed by atoms with Crippen LogP contribution in [0.25, 0.3) is 16.4 Å². The average Bonchev–Trinajstić information content (AvgIpc) is 2.71. The van der Waals surface area contributed by atoms with Crippen molar-refractivity contribution in [3.8, 4) is 0 Å². The molecular weight excluding hydrogens is 196 g/mol. The Bertz CT molecular complexity index is 698. The van der Waals surface area contributed by atoms with Crippen molar-refractivity contribution in [2.45, 2.75) is 20.8 Å². The number of imidazole rings is 1. The predicted molar refractivity (Wildman–Crippen MR) is 68.1 cm³/mol. The Balaban J connectivity index is 2.71. The standard InChI is InChI=1S/C14H16N2/c1-9-10(2)16-11(3)12-7-5-6-8-13(12)14(16)15(9)4/h5-8H,1-4H3. The summed E-state index contributed by atoms with van der Waals surface area (Å²) in [6.45, 7) is 6.56. The van der Waals surface area contributed by atoms with E-state index < -0.39 is 0 Å². The highest BCUT2D eigenvalue weighted by Gasteiger charge is 2.15. The third kappa shape index (κ3) is 0.921. The number of fused-ring (bicyclic) bond motifs is 3. The third-order valence-corrected chi connectivity index (χ3v) is 3.78. The summed E-state index contributed by atoms with van der Waals surface area (Å²) in [5.41, 5.74) is 5.32. The molecule has 2 aromatic heterocycles. The molecule has 0 spiro atoms. The van der Waals surface area contributed by atoms with Crippen molar-refractivity contribution < 1.29 is 0 Å². The van der Waals surface area contributed by atoms with Gasteiger partial charge in [0.05, 0.1) is 0 Å². The van der Waals surface area contributed by atoms with Gasteiger partial charge in [-0.25, -0.2) is 0 Å². The number of aromatic nitrogens is 2. The van der Waals surface area contributed by atoms with Crippen LogP contribution in [0.2, 0.25) is 0 Å². The normalized spacial score (nSPS) is 11.8. The fourth-order valence-corrected chi connectivity index (χ4v) is 2.70. The molecule has 2 heteroatoms. The zero-order chi connectivity index (χ0) is 11.4. The van der Waals surface area contributed by atoms with Crippen molar-refractivity contribution in [1.82, 2.24) is 8.97 Å². The zero-order valence-electron chi connectivity index (χ0n) is 10.2. The minimum absolute atomic E-state index is 1.31. The van der Waals surface area contributed by atoms with Gasteiger partial charge in [-0.15, -0.1) is 0 Å². The first-order valence-electron chi connectivity index (χ1n) is 5.64. The quantitative estimate of drug-likeness (QED) is 0.540. The van der Waals surface area contributed by atoms with Crippen LogP contribution in [0.5, 0.6) is 0 Å². The first-order valence-corrected chi connectivity index (χ1v) is 5.64. The highest BCUT2D eigenvalue weighted by molar-refractivity contribution is 5.98. The van der Waals surface area contributed by atoms with Crippen molar-refractivity contribution in [1.29, 1.82) is 0 Å². The molecule has 2 heterocycles. The molecule has 0 N–H and O–H groups in total. The van der Waals surface area contributed by atoms with E-state index in [0.717, 1.165) is 0 Å². The largest absolute Gasteiger partial charge is 0.332 e. The Labute approximate surface area is 95.1 Å². The average molecular weight is 212 g/mol. The lowest BCUT2D eigenvalue weighted by Crippen LogP contribution is -1.90. The van der Waals surface area contributed by atoms with E-state index in [4.69, 9.17) is 0 Å². The summed E-state index contributed by atoms with van der Waals surface area (Å²) in [5, 5.41) is 2.70. The van der Waals surface area contributed by atoms with Gasteiger partial charge in [-0.3, -0.25) is 0 Å². The molecule has 2 nitrogen and oxygen atoms in total. The van der Waals surface area contributed by atoms with Crippen LogP contribution >= 0.6 is 0 Å². The molecule has 0 unspecified atom stereocenters. The van der Waals surface area contributed by atoms with E-state index in [1.54, 1.807) is 0 Å². The van der Waals surface area contributed by atoms with Crippen molar-refractivity contribution in [3.05, 3.63) is 41.3 Å². The van der Waals surface area contributed by atoms with E-state index in [1.807, 2.05) is 0 Å². The fourth-order valence-electron chi connectivity index (χ4n) is 2.70. The lowest BCUT2D eigenvalue weighted by molar-refractivity contribution is 0.912. The summed E-state index contributed by atoms with van der Waals surface area (Å²) < 4.78 is 4.64. The minimum atomic E-state index is 1.31. The van der Waals surface area contributed by atoms with Gasteiger partial charge in [0.2, 0.25) is 0 Å². The number of hydrogen-bond acceptors (Lipinski definition) is 0. The molecule has 0 radical (unpaired) electrons. The zero-order valence-corrected chi connectivity index (χ0v) is 10.2. The first-order chi connectivity index (χ1) is 7.63. The molecule has 82 valence electrons. The second-order valence-corrected chi connectivity index (χ2v) is 4.52. The van der Waals surface area contributed by atoms with Gasteiger partial charge >= 0.3 is 0 Å². The molecule has 0 aliphatic carbocycles. The highest BCUT2D eigenvalue weighted by Crippen LogP contribution is 2.29. The molecule has 0 bridgehead atoms. The Morgan fingerprint density at radius 2 is 1.44 bits per heavy atom. The molecule has 0 amide bonds. The highest BCUT2D eigenvalue weighted by atomic mass is 15.1. The van der Waals surface area contributed by atoms with Crippen molar-refractivity contribution in [2.75, 3.05) is 0 Å². The van der Waals surface area contributed by atoms with Gasteiger partial charge in [-0.05, 0) is 20.8 Å². The number of benzene rings is 1. The van der Waals surface area contributed by atoms with Crippen LogP contribution in [0.1, 0.15) is 17.1 Å². The van der Waals surface area contributed by atoms with E-state index in [2.05, 4.69) is 61.1 Å². The van der Waals surface area contributed by atoms with Crippen LogP contribution in [0.4, 0.5) is 0 Å².